The Labute approximate surface area is 139 Å². The number of benzene rings is 1. The monoisotopic (exact) mass is 344 g/mol. The number of carbonyl (C=O) groups excluding carboxylic acids is 2. The Morgan fingerprint density at radius 2 is 1.95 bits per heavy atom. The standard InChI is InChI=1S/C15H18Cl2N2O3/c16-11-7-10(8-12(17)9-11)15(22)19-5-1-3-13(19)14(21)18-4-2-6-20/h7-9,13,20H,1-6H2,(H,18,21). The molecule has 0 saturated carbocycles. The Hall–Kier alpha value is -1.30. The quantitative estimate of drug-likeness (QED) is 0.803. The Morgan fingerprint density at radius 1 is 1.27 bits per heavy atom. The van der Waals surface area contributed by atoms with Gasteiger partial charge in [0.15, 0.2) is 0 Å². The second-order valence-electron chi connectivity index (χ2n) is 5.18. The number of hydrogen-bond acceptors (Lipinski definition) is 3. The topological polar surface area (TPSA) is 69.6 Å². The normalized spacial score (nSPS) is 17.6. The fourth-order valence-corrected chi connectivity index (χ4v) is 3.06. The van der Waals surface area contributed by atoms with E-state index in [4.69, 9.17) is 28.3 Å². The summed E-state index contributed by atoms with van der Waals surface area (Å²) in [6.45, 7) is 0.951. The lowest BCUT2D eigenvalue weighted by atomic mass is 10.1. The number of aliphatic hydroxyl groups is 1. The number of rotatable bonds is 5. The van der Waals surface area contributed by atoms with Crippen molar-refractivity contribution in [2.24, 2.45) is 0 Å². The molecule has 120 valence electrons. The van der Waals surface area contributed by atoms with E-state index in [2.05, 4.69) is 5.32 Å². The van der Waals surface area contributed by atoms with Crippen LogP contribution < -0.4 is 5.32 Å². The number of amides is 2. The van der Waals surface area contributed by atoms with Gasteiger partial charge in [-0.3, -0.25) is 9.59 Å². The van der Waals surface area contributed by atoms with Gasteiger partial charge in [-0.15, -0.1) is 0 Å². The SMILES string of the molecule is O=C(NCCCO)C1CCCN1C(=O)c1cc(Cl)cc(Cl)c1. The summed E-state index contributed by atoms with van der Waals surface area (Å²) in [6.07, 6.45) is 1.90. The summed E-state index contributed by atoms with van der Waals surface area (Å²) >= 11 is 11.9. The van der Waals surface area contributed by atoms with Gasteiger partial charge in [0, 0.05) is 35.3 Å². The summed E-state index contributed by atoms with van der Waals surface area (Å²) in [5, 5.41) is 12.3. The summed E-state index contributed by atoms with van der Waals surface area (Å²) < 4.78 is 0. The molecule has 1 unspecified atom stereocenters. The lowest BCUT2D eigenvalue weighted by Gasteiger charge is -2.24. The zero-order chi connectivity index (χ0) is 16.1. The predicted octanol–water partition coefficient (Wildman–Crippen LogP) is 2.10. The van der Waals surface area contributed by atoms with Crippen molar-refractivity contribution < 1.29 is 14.7 Å². The van der Waals surface area contributed by atoms with Crippen molar-refractivity contribution in [2.45, 2.75) is 25.3 Å². The summed E-state index contributed by atoms with van der Waals surface area (Å²) in [6, 6.07) is 4.18. The number of nitrogens with one attached hydrogen (secondary N) is 1. The Bertz CT molecular complexity index is 545. The van der Waals surface area contributed by atoms with E-state index in [0.717, 1.165) is 6.42 Å². The van der Waals surface area contributed by atoms with E-state index in [1.807, 2.05) is 0 Å². The van der Waals surface area contributed by atoms with Gasteiger partial charge in [0.2, 0.25) is 5.91 Å². The van der Waals surface area contributed by atoms with Gasteiger partial charge in [0.25, 0.3) is 5.91 Å². The smallest absolute Gasteiger partial charge is 0.254 e. The Morgan fingerprint density at radius 3 is 2.59 bits per heavy atom. The molecular weight excluding hydrogens is 327 g/mol. The van der Waals surface area contributed by atoms with Crippen molar-refractivity contribution in [1.29, 1.82) is 0 Å². The summed E-state index contributed by atoms with van der Waals surface area (Å²) in [4.78, 5) is 26.3. The summed E-state index contributed by atoms with van der Waals surface area (Å²) in [5.74, 6) is -0.434. The maximum atomic E-state index is 12.6. The number of likely N-dealkylation sites (tertiary alicyclic amines) is 1. The van der Waals surface area contributed by atoms with E-state index in [9.17, 15) is 9.59 Å². The minimum absolute atomic E-state index is 0.0224. The Kier molecular flexibility index (Phi) is 6.06. The van der Waals surface area contributed by atoms with Crippen molar-refractivity contribution in [3.05, 3.63) is 33.8 Å². The van der Waals surface area contributed by atoms with E-state index in [1.54, 1.807) is 23.1 Å². The molecule has 1 heterocycles. The van der Waals surface area contributed by atoms with Crippen LogP contribution in [0.4, 0.5) is 0 Å². The molecule has 1 fully saturated rings. The molecule has 1 atom stereocenters. The Balaban J connectivity index is 2.09. The minimum Gasteiger partial charge on any atom is -0.396 e. The number of aliphatic hydroxyl groups excluding tert-OH is 1. The van der Waals surface area contributed by atoms with Crippen LogP contribution in [0.25, 0.3) is 0 Å². The number of halogens is 2. The van der Waals surface area contributed by atoms with Crippen LogP contribution in [-0.2, 0) is 4.79 Å². The average molecular weight is 345 g/mol. The number of carbonyl (C=O) groups is 2. The van der Waals surface area contributed by atoms with Crippen molar-refractivity contribution in [3.8, 4) is 0 Å². The van der Waals surface area contributed by atoms with Crippen LogP contribution >= 0.6 is 23.2 Å². The van der Waals surface area contributed by atoms with E-state index in [-0.39, 0.29) is 18.4 Å². The highest BCUT2D eigenvalue weighted by molar-refractivity contribution is 6.35. The van der Waals surface area contributed by atoms with Gasteiger partial charge in [-0.05, 0) is 37.5 Å². The van der Waals surface area contributed by atoms with Crippen molar-refractivity contribution in [2.75, 3.05) is 19.7 Å². The van der Waals surface area contributed by atoms with Gasteiger partial charge in [0.1, 0.15) is 6.04 Å². The van der Waals surface area contributed by atoms with E-state index in [0.29, 0.717) is 41.5 Å². The summed E-state index contributed by atoms with van der Waals surface area (Å²) in [5.41, 5.74) is 0.382. The number of nitrogens with zero attached hydrogens (tertiary/aromatic N) is 1. The maximum absolute atomic E-state index is 12.6. The highest BCUT2D eigenvalue weighted by Crippen LogP contribution is 2.24. The van der Waals surface area contributed by atoms with Crippen molar-refractivity contribution in [1.82, 2.24) is 10.2 Å². The van der Waals surface area contributed by atoms with Gasteiger partial charge < -0.3 is 15.3 Å². The fraction of sp³-hybridized carbons (Fsp3) is 0.467. The lowest BCUT2D eigenvalue weighted by molar-refractivity contribution is -0.124. The third-order valence-corrected chi connectivity index (χ3v) is 4.00. The fourth-order valence-electron chi connectivity index (χ4n) is 2.53. The second kappa shape index (κ2) is 7.81. The second-order valence-corrected chi connectivity index (χ2v) is 6.06. The molecule has 0 aliphatic carbocycles. The zero-order valence-electron chi connectivity index (χ0n) is 12.0. The lowest BCUT2D eigenvalue weighted by Crippen LogP contribution is -2.46. The van der Waals surface area contributed by atoms with Crippen LogP contribution in [0.1, 0.15) is 29.6 Å². The molecule has 2 N–H and O–H groups in total. The van der Waals surface area contributed by atoms with Crippen LogP contribution in [-0.4, -0.2) is 47.6 Å². The molecule has 0 radical (unpaired) electrons. The molecule has 5 nitrogen and oxygen atoms in total. The molecule has 2 amide bonds. The van der Waals surface area contributed by atoms with Crippen molar-refractivity contribution >= 4 is 35.0 Å². The predicted molar refractivity (Wildman–Crippen MR) is 85.2 cm³/mol. The first-order valence-electron chi connectivity index (χ1n) is 7.18. The number of hydrogen-bond donors (Lipinski definition) is 2. The van der Waals surface area contributed by atoms with E-state index < -0.39 is 6.04 Å². The molecule has 2 rings (SSSR count). The molecule has 1 aliphatic heterocycles. The van der Waals surface area contributed by atoms with Crippen LogP contribution in [0.2, 0.25) is 10.0 Å². The molecule has 1 aliphatic rings. The van der Waals surface area contributed by atoms with Crippen molar-refractivity contribution in [3.63, 3.8) is 0 Å². The summed E-state index contributed by atoms with van der Waals surface area (Å²) in [7, 11) is 0. The van der Waals surface area contributed by atoms with Gasteiger partial charge in [-0.1, -0.05) is 23.2 Å². The third kappa shape index (κ3) is 4.12. The van der Waals surface area contributed by atoms with E-state index in [1.165, 1.54) is 0 Å². The molecule has 0 bridgehead atoms. The van der Waals surface area contributed by atoms with E-state index >= 15 is 0 Å². The maximum Gasteiger partial charge on any atom is 0.254 e. The van der Waals surface area contributed by atoms with Gasteiger partial charge >= 0.3 is 0 Å². The third-order valence-electron chi connectivity index (χ3n) is 3.56. The largest absolute Gasteiger partial charge is 0.396 e. The highest BCUT2D eigenvalue weighted by atomic mass is 35.5. The molecule has 22 heavy (non-hydrogen) atoms. The minimum atomic E-state index is -0.482. The molecule has 0 spiro atoms. The van der Waals surface area contributed by atoms with Gasteiger partial charge in [-0.2, -0.15) is 0 Å². The van der Waals surface area contributed by atoms with Gasteiger partial charge in [0.05, 0.1) is 0 Å². The first kappa shape index (κ1) is 17.1. The molecule has 1 aromatic rings. The van der Waals surface area contributed by atoms with Gasteiger partial charge in [-0.25, -0.2) is 0 Å². The molecule has 0 aromatic heterocycles. The molecule has 7 heteroatoms. The molecule has 1 aromatic carbocycles. The first-order valence-corrected chi connectivity index (χ1v) is 7.94. The van der Waals surface area contributed by atoms with Crippen LogP contribution in [0.3, 0.4) is 0 Å². The zero-order valence-corrected chi connectivity index (χ0v) is 13.5. The first-order chi connectivity index (χ1) is 10.5. The molecule has 1 saturated heterocycles. The van der Waals surface area contributed by atoms with Crippen LogP contribution in [0.15, 0.2) is 18.2 Å². The molecular formula is C15H18Cl2N2O3. The average Bonchev–Trinajstić information content (AvgIpc) is 2.95. The van der Waals surface area contributed by atoms with Crippen LogP contribution in [0.5, 0.6) is 0 Å². The van der Waals surface area contributed by atoms with Crippen LogP contribution in [0, 0.1) is 0 Å². The highest BCUT2D eigenvalue weighted by Gasteiger charge is 2.34.